The molecule has 0 atom stereocenters. The summed E-state index contributed by atoms with van der Waals surface area (Å²) in [7, 11) is 0. The molecule has 0 saturated carbocycles. The molecule has 1 heterocycles. The SMILES string of the molecule is N#Cc1ccccc1C#CC=CC#Cc1cccnn1. The van der Waals surface area contributed by atoms with E-state index in [1.807, 2.05) is 18.2 Å². The van der Waals surface area contributed by atoms with E-state index in [4.69, 9.17) is 5.26 Å². The van der Waals surface area contributed by atoms with Crippen molar-refractivity contribution in [1.29, 1.82) is 5.26 Å². The van der Waals surface area contributed by atoms with E-state index in [1.54, 1.807) is 36.5 Å². The minimum atomic E-state index is 0.569. The van der Waals surface area contributed by atoms with Crippen LogP contribution < -0.4 is 0 Å². The van der Waals surface area contributed by atoms with Gasteiger partial charge in [-0.1, -0.05) is 29.9 Å². The zero-order chi connectivity index (χ0) is 14.0. The van der Waals surface area contributed by atoms with Gasteiger partial charge < -0.3 is 0 Å². The molecule has 0 N–H and O–H groups in total. The highest BCUT2D eigenvalue weighted by atomic mass is 15.1. The van der Waals surface area contributed by atoms with E-state index in [0.29, 0.717) is 16.8 Å². The van der Waals surface area contributed by atoms with Crippen molar-refractivity contribution in [1.82, 2.24) is 10.2 Å². The molecule has 2 aromatic rings. The quantitative estimate of drug-likeness (QED) is 0.679. The topological polar surface area (TPSA) is 49.6 Å². The lowest BCUT2D eigenvalue weighted by Crippen LogP contribution is -1.82. The molecule has 3 nitrogen and oxygen atoms in total. The van der Waals surface area contributed by atoms with Crippen molar-refractivity contribution in [3.05, 3.63) is 71.6 Å². The van der Waals surface area contributed by atoms with Gasteiger partial charge in [-0.15, -0.1) is 5.10 Å². The molecule has 0 bridgehead atoms. The highest BCUT2D eigenvalue weighted by molar-refractivity contribution is 5.49. The first-order chi connectivity index (χ1) is 9.90. The van der Waals surface area contributed by atoms with Gasteiger partial charge in [0.25, 0.3) is 0 Å². The Bertz CT molecular complexity index is 776. The van der Waals surface area contributed by atoms with Gasteiger partial charge in [0.05, 0.1) is 5.56 Å². The Morgan fingerprint density at radius 1 is 0.900 bits per heavy atom. The molecule has 0 saturated heterocycles. The Balaban J connectivity index is 2.04. The summed E-state index contributed by atoms with van der Waals surface area (Å²) in [5.74, 6) is 11.4. The lowest BCUT2D eigenvalue weighted by Gasteiger charge is -1.91. The fraction of sp³-hybridized carbons (Fsp3) is 0. The lowest BCUT2D eigenvalue weighted by molar-refractivity contribution is 1.01. The molecule has 3 heteroatoms. The Hall–Kier alpha value is -3.35. The number of aromatic nitrogens is 2. The van der Waals surface area contributed by atoms with Crippen LogP contribution in [0.2, 0.25) is 0 Å². The molecule has 0 spiro atoms. The van der Waals surface area contributed by atoms with Crippen LogP contribution in [0.5, 0.6) is 0 Å². The summed E-state index contributed by atoms with van der Waals surface area (Å²) in [5, 5.41) is 16.5. The zero-order valence-electron chi connectivity index (χ0n) is 10.5. The Kier molecular flexibility index (Phi) is 4.69. The normalized spacial score (nSPS) is 8.95. The highest BCUT2D eigenvalue weighted by Gasteiger charge is 1.94. The van der Waals surface area contributed by atoms with Gasteiger partial charge >= 0.3 is 0 Å². The molecule has 0 radical (unpaired) electrons. The molecule has 0 fully saturated rings. The minimum absolute atomic E-state index is 0.569. The summed E-state index contributed by atoms with van der Waals surface area (Å²) in [5.41, 5.74) is 1.89. The first-order valence-corrected chi connectivity index (χ1v) is 5.85. The summed E-state index contributed by atoms with van der Waals surface area (Å²) in [6.07, 6.45) is 4.87. The van der Waals surface area contributed by atoms with Crippen LogP contribution in [0.4, 0.5) is 0 Å². The zero-order valence-corrected chi connectivity index (χ0v) is 10.5. The summed E-state index contributed by atoms with van der Waals surface area (Å²) >= 11 is 0. The lowest BCUT2D eigenvalue weighted by atomic mass is 10.1. The second kappa shape index (κ2) is 7.17. The molecular formula is C17H9N3. The van der Waals surface area contributed by atoms with Crippen LogP contribution in [0, 0.1) is 35.0 Å². The number of rotatable bonds is 0. The highest BCUT2D eigenvalue weighted by Crippen LogP contribution is 2.04. The molecule has 1 aromatic carbocycles. The van der Waals surface area contributed by atoms with E-state index in [0.717, 1.165) is 0 Å². The molecule has 2 rings (SSSR count). The van der Waals surface area contributed by atoms with E-state index in [-0.39, 0.29) is 0 Å². The van der Waals surface area contributed by atoms with Gasteiger partial charge in [0.15, 0.2) is 0 Å². The third-order valence-electron chi connectivity index (χ3n) is 2.28. The summed E-state index contributed by atoms with van der Waals surface area (Å²) < 4.78 is 0. The first-order valence-electron chi connectivity index (χ1n) is 5.85. The number of allylic oxidation sites excluding steroid dienone is 2. The van der Waals surface area contributed by atoms with Gasteiger partial charge in [0.1, 0.15) is 11.8 Å². The second-order valence-corrected chi connectivity index (χ2v) is 3.64. The molecule has 0 aliphatic rings. The molecule has 20 heavy (non-hydrogen) atoms. The third-order valence-corrected chi connectivity index (χ3v) is 2.28. The van der Waals surface area contributed by atoms with E-state index < -0.39 is 0 Å². The standard InChI is InChI=1S/C17H9N3/c18-14-16-10-6-5-9-15(16)8-3-1-2-4-11-17-12-7-13-19-20-17/h1-2,5-7,9-10,12-13H. The van der Waals surface area contributed by atoms with Gasteiger partial charge in [0, 0.05) is 11.8 Å². The van der Waals surface area contributed by atoms with Crippen molar-refractivity contribution in [2.45, 2.75) is 0 Å². The Labute approximate surface area is 117 Å². The molecule has 0 unspecified atom stereocenters. The number of hydrogen-bond donors (Lipinski definition) is 0. The smallest absolute Gasteiger partial charge is 0.136 e. The fourth-order valence-corrected chi connectivity index (χ4v) is 1.38. The maximum Gasteiger partial charge on any atom is 0.136 e. The summed E-state index contributed by atoms with van der Waals surface area (Å²) in [6.45, 7) is 0. The van der Waals surface area contributed by atoms with Gasteiger partial charge in [-0.25, -0.2) is 0 Å². The molecule has 1 aromatic heterocycles. The monoisotopic (exact) mass is 255 g/mol. The maximum atomic E-state index is 8.91. The molecule has 0 aliphatic heterocycles. The molecule has 0 aliphatic carbocycles. The first kappa shape index (κ1) is 13.1. The second-order valence-electron chi connectivity index (χ2n) is 3.64. The van der Waals surface area contributed by atoms with Gasteiger partial charge in [-0.3, -0.25) is 0 Å². The van der Waals surface area contributed by atoms with Gasteiger partial charge in [-0.05, 0) is 42.3 Å². The predicted molar refractivity (Wildman–Crippen MR) is 76.1 cm³/mol. The number of nitrogens with zero attached hydrogens (tertiary/aromatic N) is 3. The average molecular weight is 255 g/mol. The third kappa shape index (κ3) is 3.84. The van der Waals surface area contributed by atoms with Crippen LogP contribution in [0.1, 0.15) is 16.8 Å². The largest absolute Gasteiger partial charge is 0.192 e. The minimum Gasteiger partial charge on any atom is -0.192 e. The predicted octanol–water partition coefficient (Wildman–Crippen LogP) is 2.31. The van der Waals surface area contributed by atoms with Crippen LogP contribution in [-0.4, -0.2) is 10.2 Å². The summed E-state index contributed by atoms with van der Waals surface area (Å²) in [4.78, 5) is 0. The van der Waals surface area contributed by atoms with Crippen molar-refractivity contribution in [3.63, 3.8) is 0 Å². The van der Waals surface area contributed by atoms with Gasteiger partial charge in [-0.2, -0.15) is 10.4 Å². The van der Waals surface area contributed by atoms with E-state index in [1.165, 1.54) is 0 Å². The number of nitriles is 1. The van der Waals surface area contributed by atoms with E-state index in [9.17, 15) is 0 Å². The fourth-order valence-electron chi connectivity index (χ4n) is 1.38. The van der Waals surface area contributed by atoms with Crippen LogP contribution in [0.25, 0.3) is 0 Å². The molecule has 0 amide bonds. The van der Waals surface area contributed by atoms with E-state index >= 15 is 0 Å². The van der Waals surface area contributed by atoms with Crippen LogP contribution in [0.3, 0.4) is 0 Å². The van der Waals surface area contributed by atoms with Crippen LogP contribution in [0.15, 0.2) is 54.7 Å². The number of hydrogen-bond acceptors (Lipinski definition) is 3. The van der Waals surface area contributed by atoms with Crippen molar-refractivity contribution in [2.75, 3.05) is 0 Å². The van der Waals surface area contributed by atoms with Crippen LogP contribution >= 0.6 is 0 Å². The van der Waals surface area contributed by atoms with Crippen molar-refractivity contribution < 1.29 is 0 Å². The average Bonchev–Trinajstić information content (AvgIpc) is 2.52. The maximum absolute atomic E-state index is 8.91. The summed E-state index contributed by atoms with van der Waals surface area (Å²) in [6, 6.07) is 12.9. The van der Waals surface area contributed by atoms with Crippen molar-refractivity contribution in [2.24, 2.45) is 0 Å². The Morgan fingerprint density at radius 2 is 1.65 bits per heavy atom. The number of benzene rings is 1. The van der Waals surface area contributed by atoms with Gasteiger partial charge in [0.2, 0.25) is 0 Å². The Morgan fingerprint density at radius 3 is 2.35 bits per heavy atom. The van der Waals surface area contributed by atoms with E-state index in [2.05, 4.69) is 39.9 Å². The van der Waals surface area contributed by atoms with Crippen molar-refractivity contribution in [3.8, 4) is 29.8 Å². The van der Waals surface area contributed by atoms with Crippen LogP contribution in [-0.2, 0) is 0 Å². The molecule has 92 valence electrons. The molecular weight excluding hydrogens is 246 g/mol. The van der Waals surface area contributed by atoms with Crippen molar-refractivity contribution >= 4 is 0 Å².